The van der Waals surface area contributed by atoms with E-state index >= 15 is 0 Å². The molecule has 1 atom stereocenters. The zero-order valence-corrected chi connectivity index (χ0v) is 12.4. The molecule has 1 rings (SSSR count). The number of halogens is 1. The Balaban J connectivity index is 2.30. The van der Waals surface area contributed by atoms with E-state index in [4.69, 9.17) is 16.3 Å². The summed E-state index contributed by atoms with van der Waals surface area (Å²) in [5.74, 6) is 0.536. The number of nitrogens with zero attached hydrogens (tertiary/aromatic N) is 1. The van der Waals surface area contributed by atoms with Crippen molar-refractivity contribution >= 4 is 17.5 Å². The fourth-order valence-electron chi connectivity index (χ4n) is 1.52. The van der Waals surface area contributed by atoms with Gasteiger partial charge in [-0.1, -0.05) is 11.6 Å². The Morgan fingerprint density at radius 1 is 1.37 bits per heavy atom. The van der Waals surface area contributed by atoms with Gasteiger partial charge in [0.2, 0.25) is 0 Å². The van der Waals surface area contributed by atoms with Gasteiger partial charge in [0.1, 0.15) is 5.75 Å². The lowest BCUT2D eigenvalue weighted by molar-refractivity contribution is -0.127. The van der Waals surface area contributed by atoms with Gasteiger partial charge >= 0.3 is 0 Å². The molecule has 5 heteroatoms. The number of carbonyl (C=O) groups is 1. The van der Waals surface area contributed by atoms with Crippen molar-refractivity contribution < 1.29 is 9.53 Å². The Hall–Kier alpha value is -1.26. The number of rotatable bonds is 7. The maximum Gasteiger partial charge on any atom is 0.260 e. The summed E-state index contributed by atoms with van der Waals surface area (Å²) in [5, 5.41) is 3.50. The SMILES string of the molecule is C[C@@H](Oc1ccc(Cl)cc1)C(=O)NCCCN(C)C. The highest BCUT2D eigenvalue weighted by molar-refractivity contribution is 6.30. The van der Waals surface area contributed by atoms with Gasteiger partial charge < -0.3 is 15.0 Å². The minimum absolute atomic E-state index is 0.103. The Morgan fingerprint density at radius 3 is 2.58 bits per heavy atom. The second-order valence-electron chi connectivity index (χ2n) is 4.66. The molecule has 1 aromatic carbocycles. The average molecular weight is 285 g/mol. The fraction of sp³-hybridized carbons (Fsp3) is 0.500. The third-order valence-electron chi connectivity index (χ3n) is 2.58. The van der Waals surface area contributed by atoms with E-state index in [0.29, 0.717) is 17.3 Å². The zero-order chi connectivity index (χ0) is 14.3. The number of nitrogens with one attached hydrogen (secondary N) is 1. The van der Waals surface area contributed by atoms with Crippen LogP contribution in [0.15, 0.2) is 24.3 Å². The van der Waals surface area contributed by atoms with E-state index in [2.05, 4.69) is 10.2 Å². The summed E-state index contributed by atoms with van der Waals surface area (Å²) in [6.45, 7) is 3.34. The summed E-state index contributed by atoms with van der Waals surface area (Å²) in [6.07, 6.45) is 0.410. The Morgan fingerprint density at radius 2 is 2.00 bits per heavy atom. The first-order valence-corrected chi connectivity index (χ1v) is 6.71. The van der Waals surface area contributed by atoms with E-state index in [9.17, 15) is 4.79 Å². The van der Waals surface area contributed by atoms with Crippen LogP contribution in [0.25, 0.3) is 0 Å². The van der Waals surface area contributed by atoms with Gasteiger partial charge in [-0.05, 0) is 58.3 Å². The second-order valence-corrected chi connectivity index (χ2v) is 5.10. The van der Waals surface area contributed by atoms with Crippen molar-refractivity contribution in [2.45, 2.75) is 19.4 Å². The molecule has 0 spiro atoms. The molecule has 0 bridgehead atoms. The van der Waals surface area contributed by atoms with Crippen LogP contribution < -0.4 is 10.1 Å². The highest BCUT2D eigenvalue weighted by atomic mass is 35.5. The first-order chi connectivity index (χ1) is 8.99. The molecule has 0 saturated carbocycles. The number of hydrogen-bond donors (Lipinski definition) is 1. The van der Waals surface area contributed by atoms with E-state index in [1.807, 2.05) is 14.1 Å². The monoisotopic (exact) mass is 284 g/mol. The third kappa shape index (κ3) is 6.45. The van der Waals surface area contributed by atoms with Crippen molar-refractivity contribution in [2.75, 3.05) is 27.2 Å². The van der Waals surface area contributed by atoms with Crippen LogP contribution >= 0.6 is 11.6 Å². The number of carbonyl (C=O) groups excluding carboxylic acids is 1. The van der Waals surface area contributed by atoms with Gasteiger partial charge in [-0.25, -0.2) is 0 Å². The molecule has 19 heavy (non-hydrogen) atoms. The fourth-order valence-corrected chi connectivity index (χ4v) is 1.65. The zero-order valence-electron chi connectivity index (χ0n) is 11.6. The Bertz CT molecular complexity index is 393. The van der Waals surface area contributed by atoms with Crippen molar-refractivity contribution in [3.05, 3.63) is 29.3 Å². The summed E-state index contributed by atoms with van der Waals surface area (Å²) in [6, 6.07) is 6.97. The van der Waals surface area contributed by atoms with Gasteiger partial charge in [-0.15, -0.1) is 0 Å². The van der Waals surface area contributed by atoms with Crippen LogP contribution in [0, 0.1) is 0 Å². The first-order valence-electron chi connectivity index (χ1n) is 6.33. The summed E-state index contributed by atoms with van der Waals surface area (Å²) in [5.41, 5.74) is 0. The molecule has 0 aliphatic heterocycles. The standard InChI is InChI=1S/C14H21ClN2O2/c1-11(14(18)16-9-4-10-17(2)3)19-13-7-5-12(15)6-8-13/h5-8,11H,4,9-10H2,1-3H3,(H,16,18)/t11-/m1/s1. The highest BCUT2D eigenvalue weighted by Gasteiger charge is 2.13. The number of amides is 1. The molecular formula is C14H21ClN2O2. The lowest BCUT2D eigenvalue weighted by Gasteiger charge is -2.15. The van der Waals surface area contributed by atoms with Crippen LogP contribution in [0.5, 0.6) is 5.75 Å². The first kappa shape index (κ1) is 15.8. The predicted octanol–water partition coefficient (Wildman–Crippen LogP) is 2.18. The van der Waals surface area contributed by atoms with Crippen LogP contribution in [-0.2, 0) is 4.79 Å². The van der Waals surface area contributed by atoms with Gasteiger partial charge in [0.05, 0.1) is 0 Å². The van der Waals surface area contributed by atoms with Crippen LogP contribution in [0.2, 0.25) is 5.02 Å². The van der Waals surface area contributed by atoms with Crippen molar-refractivity contribution in [3.63, 3.8) is 0 Å². The largest absolute Gasteiger partial charge is 0.481 e. The maximum absolute atomic E-state index is 11.8. The van der Waals surface area contributed by atoms with E-state index < -0.39 is 6.10 Å². The minimum Gasteiger partial charge on any atom is -0.481 e. The second kappa shape index (κ2) is 8.02. The topological polar surface area (TPSA) is 41.6 Å². The van der Waals surface area contributed by atoms with Gasteiger partial charge in [0, 0.05) is 11.6 Å². The molecule has 0 aromatic heterocycles. The van der Waals surface area contributed by atoms with Crippen molar-refractivity contribution in [1.29, 1.82) is 0 Å². The van der Waals surface area contributed by atoms with Crippen LogP contribution in [0.3, 0.4) is 0 Å². The normalized spacial score (nSPS) is 12.3. The summed E-state index contributed by atoms with van der Waals surface area (Å²) in [4.78, 5) is 13.9. The number of ether oxygens (including phenoxy) is 1. The summed E-state index contributed by atoms with van der Waals surface area (Å²) < 4.78 is 5.53. The van der Waals surface area contributed by atoms with E-state index in [1.54, 1.807) is 31.2 Å². The molecule has 0 aliphatic carbocycles. The Kier molecular flexibility index (Phi) is 6.67. The van der Waals surface area contributed by atoms with Gasteiger partial charge in [0.15, 0.2) is 6.10 Å². The molecule has 0 radical (unpaired) electrons. The van der Waals surface area contributed by atoms with E-state index in [1.165, 1.54) is 0 Å². The molecule has 4 nitrogen and oxygen atoms in total. The molecule has 0 heterocycles. The molecule has 1 aromatic rings. The molecule has 0 saturated heterocycles. The number of benzene rings is 1. The third-order valence-corrected chi connectivity index (χ3v) is 2.83. The van der Waals surface area contributed by atoms with Crippen LogP contribution in [0.4, 0.5) is 0 Å². The quantitative estimate of drug-likeness (QED) is 0.780. The molecule has 1 N–H and O–H groups in total. The van der Waals surface area contributed by atoms with Crippen LogP contribution in [0.1, 0.15) is 13.3 Å². The lowest BCUT2D eigenvalue weighted by atomic mass is 10.3. The molecular weight excluding hydrogens is 264 g/mol. The van der Waals surface area contributed by atoms with E-state index in [-0.39, 0.29) is 5.91 Å². The van der Waals surface area contributed by atoms with Crippen molar-refractivity contribution in [1.82, 2.24) is 10.2 Å². The van der Waals surface area contributed by atoms with Crippen LogP contribution in [-0.4, -0.2) is 44.1 Å². The smallest absolute Gasteiger partial charge is 0.260 e. The average Bonchev–Trinajstić information content (AvgIpc) is 2.36. The lowest BCUT2D eigenvalue weighted by Crippen LogP contribution is -2.37. The molecule has 1 amide bonds. The molecule has 0 fully saturated rings. The van der Waals surface area contributed by atoms with Crippen molar-refractivity contribution in [2.24, 2.45) is 0 Å². The van der Waals surface area contributed by atoms with Crippen molar-refractivity contribution in [3.8, 4) is 5.75 Å². The minimum atomic E-state index is -0.513. The predicted molar refractivity (Wildman–Crippen MR) is 77.7 cm³/mol. The molecule has 106 valence electrons. The Labute approximate surface area is 119 Å². The number of hydrogen-bond acceptors (Lipinski definition) is 3. The van der Waals surface area contributed by atoms with Gasteiger partial charge in [-0.3, -0.25) is 4.79 Å². The summed E-state index contributed by atoms with van der Waals surface area (Å²) >= 11 is 5.78. The maximum atomic E-state index is 11.8. The van der Waals surface area contributed by atoms with Gasteiger partial charge in [0.25, 0.3) is 5.91 Å². The van der Waals surface area contributed by atoms with Gasteiger partial charge in [-0.2, -0.15) is 0 Å². The molecule has 0 unspecified atom stereocenters. The highest BCUT2D eigenvalue weighted by Crippen LogP contribution is 2.16. The van der Waals surface area contributed by atoms with E-state index in [0.717, 1.165) is 13.0 Å². The molecule has 0 aliphatic rings. The summed E-state index contributed by atoms with van der Waals surface area (Å²) in [7, 11) is 4.02.